The van der Waals surface area contributed by atoms with Crippen LogP contribution in [-0.2, 0) is 14.8 Å². The van der Waals surface area contributed by atoms with Crippen LogP contribution in [0.2, 0.25) is 0 Å². The van der Waals surface area contributed by atoms with Crippen LogP contribution >= 0.6 is 11.8 Å². The Kier molecular flexibility index (Phi) is 6.76. The molecule has 1 N–H and O–H groups in total. The third kappa shape index (κ3) is 4.98. The van der Waals surface area contributed by atoms with Gasteiger partial charge in [0.05, 0.1) is 4.90 Å². The molecule has 0 amide bonds. The van der Waals surface area contributed by atoms with Crippen LogP contribution in [0.25, 0.3) is 0 Å². The molecule has 0 aromatic heterocycles. The molecule has 158 valence electrons. The Balaban J connectivity index is 1.71. The van der Waals surface area contributed by atoms with Gasteiger partial charge in [-0.3, -0.25) is 4.79 Å². The molecule has 0 spiro atoms. The van der Waals surface area contributed by atoms with Crippen molar-refractivity contribution in [3.8, 4) is 17.6 Å². The van der Waals surface area contributed by atoms with E-state index in [9.17, 15) is 18.3 Å². The number of ether oxygens (including phenoxy) is 1. The van der Waals surface area contributed by atoms with Crippen LogP contribution in [0.1, 0.15) is 19.4 Å². The summed E-state index contributed by atoms with van der Waals surface area (Å²) in [7, 11) is -3.95. The number of rotatable bonds is 5. The summed E-state index contributed by atoms with van der Waals surface area (Å²) in [5.41, 5.74) is 0.887. The molecule has 0 aliphatic carbocycles. The van der Waals surface area contributed by atoms with E-state index < -0.39 is 26.8 Å². The van der Waals surface area contributed by atoms with Gasteiger partial charge in [0.15, 0.2) is 0 Å². The predicted molar refractivity (Wildman–Crippen MR) is 117 cm³/mol. The van der Waals surface area contributed by atoms with Gasteiger partial charge in [0.1, 0.15) is 18.4 Å². The lowest BCUT2D eigenvalue weighted by Gasteiger charge is -2.42. The molecule has 0 bridgehead atoms. The molecule has 1 aliphatic rings. The number of nitrogens with zero attached hydrogens (tertiary/aromatic N) is 1. The van der Waals surface area contributed by atoms with Crippen LogP contribution in [0.15, 0.2) is 59.5 Å². The van der Waals surface area contributed by atoms with Crippen LogP contribution in [0, 0.1) is 11.8 Å². The molecule has 30 heavy (non-hydrogen) atoms. The first-order chi connectivity index (χ1) is 14.2. The Labute approximate surface area is 181 Å². The second-order valence-electron chi connectivity index (χ2n) is 7.24. The Morgan fingerprint density at radius 1 is 1.20 bits per heavy atom. The third-order valence-electron chi connectivity index (χ3n) is 4.71. The summed E-state index contributed by atoms with van der Waals surface area (Å²) in [5.74, 6) is 5.77. The first-order valence-corrected chi connectivity index (χ1v) is 11.8. The van der Waals surface area contributed by atoms with Crippen molar-refractivity contribution in [1.29, 1.82) is 0 Å². The quantitative estimate of drug-likeness (QED) is 0.712. The van der Waals surface area contributed by atoms with Crippen LogP contribution in [0.4, 0.5) is 0 Å². The number of benzene rings is 2. The van der Waals surface area contributed by atoms with Gasteiger partial charge < -0.3 is 9.84 Å². The number of carboxylic acid groups (broad SMARTS) is 1. The average Bonchev–Trinajstić information content (AvgIpc) is 2.71. The van der Waals surface area contributed by atoms with Gasteiger partial charge >= 0.3 is 5.97 Å². The molecular formula is C22H23NO5S2. The summed E-state index contributed by atoms with van der Waals surface area (Å²) >= 11 is 1.46. The fourth-order valence-corrected chi connectivity index (χ4v) is 6.35. The first-order valence-electron chi connectivity index (χ1n) is 9.37. The number of hydrogen-bond donors (Lipinski definition) is 1. The zero-order chi connectivity index (χ0) is 21.8. The zero-order valence-electron chi connectivity index (χ0n) is 16.7. The molecule has 0 unspecified atom stereocenters. The first kappa shape index (κ1) is 22.2. The van der Waals surface area contributed by atoms with Crippen LogP contribution in [0.3, 0.4) is 0 Å². The van der Waals surface area contributed by atoms with Gasteiger partial charge in [-0.15, -0.1) is 0 Å². The summed E-state index contributed by atoms with van der Waals surface area (Å²) in [6, 6.07) is 14.4. The van der Waals surface area contributed by atoms with E-state index in [1.807, 2.05) is 30.3 Å². The van der Waals surface area contributed by atoms with E-state index in [0.717, 1.165) is 9.87 Å². The number of carbonyl (C=O) groups is 1. The Bertz CT molecular complexity index is 1050. The van der Waals surface area contributed by atoms with Crippen LogP contribution in [0.5, 0.6) is 5.75 Å². The van der Waals surface area contributed by atoms with Gasteiger partial charge in [-0.25, -0.2) is 8.42 Å². The van der Waals surface area contributed by atoms with E-state index in [-0.39, 0.29) is 18.0 Å². The van der Waals surface area contributed by atoms with Crippen molar-refractivity contribution in [1.82, 2.24) is 4.31 Å². The monoisotopic (exact) mass is 445 g/mol. The molecule has 1 aliphatic heterocycles. The summed E-state index contributed by atoms with van der Waals surface area (Å²) in [6.07, 6.45) is 0. The van der Waals surface area contributed by atoms with Gasteiger partial charge in [0.2, 0.25) is 10.0 Å². The summed E-state index contributed by atoms with van der Waals surface area (Å²) in [5, 5.41) is 9.65. The van der Waals surface area contributed by atoms with E-state index in [0.29, 0.717) is 11.5 Å². The molecule has 6 nitrogen and oxygen atoms in total. The summed E-state index contributed by atoms with van der Waals surface area (Å²) in [4.78, 5) is 11.9. The Morgan fingerprint density at radius 2 is 1.87 bits per heavy atom. The summed E-state index contributed by atoms with van der Waals surface area (Å²) < 4.78 is 32.1. The highest BCUT2D eigenvalue weighted by atomic mass is 32.2. The standard InChI is InChI=1S/C22H23NO5S2/c1-22(2)20(21(24)25)23(14-16-29-22)30(26,27)19-12-10-18(11-13-19)28-15-6-9-17-7-4-3-5-8-17/h3-5,7-8,10-13,20H,14-16H2,1-2H3,(H,24,25)/t20-/m0/s1. The highest BCUT2D eigenvalue weighted by Gasteiger charge is 2.48. The lowest BCUT2D eigenvalue weighted by Crippen LogP contribution is -2.58. The maximum Gasteiger partial charge on any atom is 0.323 e. The number of thioether (sulfide) groups is 1. The van der Waals surface area contributed by atoms with E-state index in [2.05, 4.69) is 11.8 Å². The molecule has 2 aromatic rings. The van der Waals surface area contributed by atoms with Gasteiger partial charge in [-0.2, -0.15) is 16.1 Å². The van der Waals surface area contributed by atoms with Gasteiger partial charge in [-0.05, 0) is 50.2 Å². The van der Waals surface area contributed by atoms with Crippen molar-refractivity contribution in [2.24, 2.45) is 0 Å². The summed E-state index contributed by atoms with van der Waals surface area (Å²) in [6.45, 7) is 3.83. The Morgan fingerprint density at radius 3 is 2.50 bits per heavy atom. The highest BCUT2D eigenvalue weighted by molar-refractivity contribution is 8.00. The van der Waals surface area contributed by atoms with Gasteiger partial charge in [-0.1, -0.05) is 30.0 Å². The largest absolute Gasteiger partial charge is 0.481 e. The SMILES string of the molecule is CC1(C)SCCN(S(=O)(=O)c2ccc(OCC#Cc3ccccc3)cc2)[C@H]1C(=O)O. The van der Waals surface area contributed by atoms with Crippen LogP contribution in [-0.4, -0.2) is 53.5 Å². The topological polar surface area (TPSA) is 83.9 Å². The fraction of sp³-hybridized carbons (Fsp3) is 0.318. The van der Waals surface area contributed by atoms with Gasteiger partial charge in [0.25, 0.3) is 0 Å². The average molecular weight is 446 g/mol. The number of carboxylic acids is 1. The molecule has 1 heterocycles. The van der Waals surface area contributed by atoms with Crippen molar-refractivity contribution in [2.45, 2.75) is 29.5 Å². The van der Waals surface area contributed by atoms with Crippen molar-refractivity contribution >= 4 is 27.8 Å². The number of hydrogen-bond acceptors (Lipinski definition) is 5. The minimum absolute atomic E-state index is 0.0409. The minimum atomic E-state index is -3.95. The normalized spacial score (nSPS) is 18.8. The molecule has 2 aromatic carbocycles. The van der Waals surface area contributed by atoms with E-state index >= 15 is 0 Å². The second kappa shape index (κ2) is 9.13. The fourth-order valence-electron chi connectivity index (χ4n) is 3.26. The predicted octanol–water partition coefficient (Wildman–Crippen LogP) is 3.09. The van der Waals surface area contributed by atoms with E-state index in [1.165, 1.54) is 23.9 Å². The zero-order valence-corrected chi connectivity index (χ0v) is 18.4. The molecule has 1 fully saturated rings. The molecular weight excluding hydrogens is 422 g/mol. The molecule has 3 rings (SSSR count). The molecule has 1 saturated heterocycles. The second-order valence-corrected chi connectivity index (χ2v) is 10.9. The van der Waals surface area contributed by atoms with Crippen molar-refractivity contribution in [2.75, 3.05) is 18.9 Å². The Hall–Kier alpha value is -2.47. The maximum absolute atomic E-state index is 13.1. The smallest absolute Gasteiger partial charge is 0.323 e. The third-order valence-corrected chi connectivity index (χ3v) is 7.95. The number of sulfonamides is 1. The number of aliphatic carboxylic acids is 1. The van der Waals surface area contributed by atoms with E-state index in [1.54, 1.807) is 26.0 Å². The lowest BCUT2D eigenvalue weighted by molar-refractivity contribution is -0.142. The molecule has 1 atom stereocenters. The highest BCUT2D eigenvalue weighted by Crippen LogP contribution is 2.38. The van der Waals surface area contributed by atoms with Crippen molar-refractivity contribution < 1.29 is 23.1 Å². The lowest BCUT2D eigenvalue weighted by atomic mass is 10.0. The van der Waals surface area contributed by atoms with Crippen molar-refractivity contribution in [3.63, 3.8) is 0 Å². The van der Waals surface area contributed by atoms with Crippen LogP contribution < -0.4 is 4.74 Å². The molecule has 0 saturated carbocycles. The molecule has 8 heteroatoms. The molecule has 0 radical (unpaired) electrons. The van der Waals surface area contributed by atoms with Crippen molar-refractivity contribution in [3.05, 3.63) is 60.2 Å². The maximum atomic E-state index is 13.1. The van der Waals surface area contributed by atoms with Gasteiger partial charge in [0, 0.05) is 22.6 Å². The van der Waals surface area contributed by atoms with E-state index in [4.69, 9.17) is 4.74 Å². The minimum Gasteiger partial charge on any atom is -0.481 e.